The van der Waals surface area contributed by atoms with E-state index in [-0.39, 0.29) is 31.8 Å². The van der Waals surface area contributed by atoms with Gasteiger partial charge in [-0.1, -0.05) is 52.5 Å². The van der Waals surface area contributed by atoms with E-state index >= 15 is 0 Å². The molecule has 1 N–H and O–H groups in total. The Morgan fingerprint density at radius 3 is 2.62 bits per heavy atom. The Kier molecular flexibility index (Phi) is 4.52. The Balaban J connectivity index is 2.09. The smallest absolute Gasteiger partial charge is 0.274 e. The molecule has 1 aromatic carbocycles. The summed E-state index contributed by atoms with van der Waals surface area (Å²) in [4.78, 5) is 7.67. The van der Waals surface area contributed by atoms with E-state index in [4.69, 9.17) is 46.4 Å². The molecule has 3 aromatic rings. The van der Waals surface area contributed by atoms with Crippen molar-refractivity contribution in [2.75, 3.05) is 4.72 Å². The molecule has 24 heavy (non-hydrogen) atoms. The first kappa shape index (κ1) is 17.5. The van der Waals surface area contributed by atoms with Gasteiger partial charge < -0.3 is 0 Å². The normalized spacial score (nSPS) is 11.9. The van der Waals surface area contributed by atoms with E-state index in [9.17, 15) is 8.42 Å². The zero-order chi connectivity index (χ0) is 17.6. The highest BCUT2D eigenvalue weighted by molar-refractivity contribution is 7.92. The summed E-state index contributed by atoms with van der Waals surface area (Å²) in [7, 11) is -4.17. The quantitative estimate of drug-likeness (QED) is 0.640. The van der Waals surface area contributed by atoms with E-state index in [1.807, 2.05) is 0 Å². The number of nitrogens with one attached hydrogen (secondary N) is 1. The highest BCUT2D eigenvalue weighted by Crippen LogP contribution is 2.34. The highest BCUT2D eigenvalue weighted by Gasteiger charge is 2.24. The van der Waals surface area contributed by atoms with Crippen LogP contribution in [0.4, 0.5) is 5.69 Å². The fourth-order valence-electron chi connectivity index (χ4n) is 1.83. The van der Waals surface area contributed by atoms with Gasteiger partial charge in [0.15, 0.2) is 0 Å². The topological polar surface area (TPSA) is 89.2 Å². The number of hydrogen-bond acceptors (Lipinski definition) is 5. The summed E-state index contributed by atoms with van der Waals surface area (Å²) in [5.41, 5.74) is 0.687. The van der Waals surface area contributed by atoms with Crippen LogP contribution in [0.5, 0.6) is 0 Å². The second-order valence-corrected chi connectivity index (χ2v) is 7.80. The molecule has 0 amide bonds. The van der Waals surface area contributed by atoms with Gasteiger partial charge in [-0.05, 0) is 18.6 Å². The van der Waals surface area contributed by atoms with Crippen LogP contribution in [0, 0.1) is 6.92 Å². The molecule has 0 bridgehead atoms. The van der Waals surface area contributed by atoms with Crippen molar-refractivity contribution in [2.45, 2.75) is 12.1 Å². The number of halogens is 4. The molecule has 0 aliphatic rings. The van der Waals surface area contributed by atoms with Gasteiger partial charge in [-0.25, -0.2) is 0 Å². The molecule has 0 radical (unpaired) electrons. The van der Waals surface area contributed by atoms with Crippen LogP contribution in [0.2, 0.25) is 20.4 Å². The van der Waals surface area contributed by atoms with Crippen molar-refractivity contribution >= 4 is 67.9 Å². The molecule has 0 aliphatic carbocycles. The zero-order valence-electron chi connectivity index (χ0n) is 11.8. The van der Waals surface area contributed by atoms with Crippen LogP contribution in [0.3, 0.4) is 0 Å². The summed E-state index contributed by atoms with van der Waals surface area (Å²) < 4.78 is 28.3. The number of rotatable bonds is 3. The minimum absolute atomic E-state index is 0.0364. The van der Waals surface area contributed by atoms with Crippen LogP contribution in [-0.2, 0) is 10.0 Å². The molecule has 0 fully saturated rings. The number of aryl methyl sites for hydroxylation is 1. The van der Waals surface area contributed by atoms with Crippen LogP contribution >= 0.6 is 46.4 Å². The maximum Gasteiger partial charge on any atom is 0.299 e. The summed E-state index contributed by atoms with van der Waals surface area (Å²) in [6, 6.07) is 4.50. The monoisotopic (exact) mass is 427 g/mol. The number of hydrogen-bond donors (Lipinski definition) is 1. The van der Waals surface area contributed by atoms with Crippen molar-refractivity contribution in [2.24, 2.45) is 0 Å². The van der Waals surface area contributed by atoms with Crippen molar-refractivity contribution < 1.29 is 8.42 Å². The van der Waals surface area contributed by atoms with Crippen LogP contribution in [-0.4, -0.2) is 28.0 Å². The van der Waals surface area contributed by atoms with Crippen LogP contribution in [0.1, 0.15) is 5.56 Å². The third-order valence-electron chi connectivity index (χ3n) is 2.98. The highest BCUT2D eigenvalue weighted by atomic mass is 35.5. The molecular weight excluding hydrogens is 422 g/mol. The van der Waals surface area contributed by atoms with Crippen LogP contribution in [0.25, 0.3) is 5.78 Å². The molecule has 0 saturated heterocycles. The first-order chi connectivity index (χ1) is 11.2. The fraction of sp³-hybridized carbons (Fsp3) is 0.0833. The van der Waals surface area contributed by atoms with Gasteiger partial charge in [0.25, 0.3) is 21.0 Å². The van der Waals surface area contributed by atoms with Crippen molar-refractivity contribution in [3.8, 4) is 0 Å². The second kappa shape index (κ2) is 6.20. The molecule has 2 heterocycles. The first-order valence-electron chi connectivity index (χ1n) is 6.25. The van der Waals surface area contributed by atoms with Crippen molar-refractivity contribution in [1.29, 1.82) is 0 Å². The Labute approximate surface area is 156 Å². The van der Waals surface area contributed by atoms with E-state index in [1.54, 1.807) is 13.0 Å². The number of anilines is 1. The standard InChI is InChI=1S/C12H7Cl4N5O2S/c1-5-2-3-6(13)10(9(5)16)20-24(22,23)12-18-11-17-7(14)4-8(15)21(11)19-12/h2-4,20H,1H3/i12+2. The van der Waals surface area contributed by atoms with Crippen molar-refractivity contribution in [1.82, 2.24) is 19.6 Å². The molecule has 0 atom stereocenters. The summed E-state index contributed by atoms with van der Waals surface area (Å²) in [6.07, 6.45) is 0. The van der Waals surface area contributed by atoms with Crippen LogP contribution < -0.4 is 4.72 Å². The predicted octanol–water partition coefficient (Wildman–Crippen LogP) is 3.85. The number of fused-ring (bicyclic) bond motifs is 1. The molecule has 0 unspecified atom stereocenters. The molecule has 0 spiro atoms. The van der Waals surface area contributed by atoms with Gasteiger partial charge in [-0.2, -0.15) is 22.9 Å². The van der Waals surface area contributed by atoms with Gasteiger partial charge in [0.1, 0.15) is 10.3 Å². The molecule has 0 saturated carbocycles. The van der Waals surface area contributed by atoms with E-state index in [2.05, 4.69) is 19.8 Å². The molecule has 126 valence electrons. The molecular formula is C12H7Cl4N5O2S. The molecule has 12 heteroatoms. The first-order valence-corrected chi connectivity index (χ1v) is 9.25. The zero-order valence-corrected chi connectivity index (χ0v) is 15.6. The van der Waals surface area contributed by atoms with Crippen LogP contribution in [0.15, 0.2) is 23.4 Å². The Hall–Kier alpha value is -1.32. The van der Waals surface area contributed by atoms with Gasteiger partial charge in [0, 0.05) is 6.07 Å². The largest absolute Gasteiger partial charge is 0.299 e. The average Bonchev–Trinajstić information content (AvgIpc) is 2.93. The SMILES string of the molecule is Cc1ccc(Cl)c(NS(=O)(=O)[14c]2nc3nc(Cl)cc(Cl)n3n2)c1Cl. The summed E-state index contributed by atoms with van der Waals surface area (Å²) in [5.74, 6) is -0.0608. The van der Waals surface area contributed by atoms with Crippen molar-refractivity contribution in [3.63, 3.8) is 0 Å². The molecule has 3 rings (SSSR count). The number of aromatic nitrogens is 4. The lowest BCUT2D eigenvalue weighted by atomic mass is 10.2. The third kappa shape index (κ3) is 3.12. The van der Waals surface area contributed by atoms with E-state index in [0.717, 1.165) is 4.52 Å². The van der Waals surface area contributed by atoms with Gasteiger partial charge in [0.05, 0.1) is 15.7 Å². The third-order valence-corrected chi connectivity index (χ3v) is 5.37. The van der Waals surface area contributed by atoms with E-state index < -0.39 is 15.2 Å². The number of benzene rings is 1. The number of sulfonamides is 1. The Morgan fingerprint density at radius 1 is 1.21 bits per heavy atom. The minimum Gasteiger partial charge on any atom is -0.274 e. The van der Waals surface area contributed by atoms with Gasteiger partial charge in [0.2, 0.25) is 0 Å². The van der Waals surface area contributed by atoms with E-state index in [1.165, 1.54) is 12.1 Å². The molecule has 2 aromatic heterocycles. The second-order valence-electron chi connectivity index (χ2n) is 4.67. The molecule has 7 nitrogen and oxygen atoms in total. The van der Waals surface area contributed by atoms with Crippen molar-refractivity contribution in [3.05, 3.63) is 44.1 Å². The summed E-state index contributed by atoms with van der Waals surface area (Å²) in [5, 5.41) is 3.70. The van der Waals surface area contributed by atoms with Gasteiger partial charge in [-0.15, -0.1) is 5.10 Å². The lowest BCUT2D eigenvalue weighted by Gasteiger charge is -2.10. The van der Waals surface area contributed by atoms with Gasteiger partial charge in [-0.3, -0.25) is 4.72 Å². The maximum absolute atomic E-state index is 12.5. The lowest BCUT2D eigenvalue weighted by Crippen LogP contribution is -2.15. The van der Waals surface area contributed by atoms with E-state index in [0.29, 0.717) is 5.56 Å². The Morgan fingerprint density at radius 2 is 1.92 bits per heavy atom. The molecule has 0 aliphatic heterocycles. The minimum atomic E-state index is -4.17. The van der Waals surface area contributed by atoms with Gasteiger partial charge >= 0.3 is 0 Å². The Bertz CT molecular complexity index is 1070. The average molecular weight is 429 g/mol. The summed E-state index contributed by atoms with van der Waals surface area (Å²) in [6.45, 7) is 1.71. The summed E-state index contributed by atoms with van der Waals surface area (Å²) >= 11 is 23.8. The number of nitrogens with zero attached hydrogens (tertiary/aromatic N) is 4. The fourth-order valence-corrected chi connectivity index (χ4v) is 3.82. The maximum atomic E-state index is 12.5. The predicted molar refractivity (Wildman–Crippen MR) is 92.8 cm³/mol. The lowest BCUT2D eigenvalue weighted by molar-refractivity contribution is 0.592.